The Labute approximate surface area is 138 Å². The summed E-state index contributed by atoms with van der Waals surface area (Å²) in [6.45, 7) is 2.23. The predicted molar refractivity (Wildman–Crippen MR) is 91.9 cm³/mol. The molecule has 0 saturated carbocycles. The Balaban J connectivity index is 1.72. The van der Waals surface area contributed by atoms with Crippen LogP contribution in [-0.4, -0.2) is 19.3 Å². The molecule has 3 aliphatic heterocycles. The highest BCUT2D eigenvalue weighted by atomic mass is 35.5. The van der Waals surface area contributed by atoms with E-state index >= 15 is 0 Å². The highest BCUT2D eigenvalue weighted by Gasteiger charge is 2.36. The minimum Gasteiger partial charge on any atom is -0.363 e. The molecular weight excluding hydrogens is 314 g/mol. The van der Waals surface area contributed by atoms with Crippen molar-refractivity contribution >= 4 is 39.2 Å². The zero-order chi connectivity index (χ0) is 15.1. The van der Waals surface area contributed by atoms with Crippen LogP contribution in [0.1, 0.15) is 35.4 Å². The first-order valence-corrected chi connectivity index (χ1v) is 8.57. The van der Waals surface area contributed by atoms with E-state index in [0.717, 1.165) is 29.2 Å². The lowest BCUT2D eigenvalue weighted by Gasteiger charge is -2.39. The summed E-state index contributed by atoms with van der Waals surface area (Å²) >= 11 is 7.54. The summed E-state index contributed by atoms with van der Waals surface area (Å²) in [6.07, 6.45) is 4.14. The number of halogens is 1. The Bertz CT molecular complexity index is 777. The quantitative estimate of drug-likeness (QED) is 0.748. The number of benzene rings is 1. The number of rotatable bonds is 2. The van der Waals surface area contributed by atoms with Crippen LogP contribution < -0.4 is 4.90 Å². The minimum absolute atomic E-state index is 0.547. The van der Waals surface area contributed by atoms with Crippen LogP contribution in [0.5, 0.6) is 0 Å². The average Bonchev–Trinajstić information content (AvgIpc) is 2.96. The van der Waals surface area contributed by atoms with Gasteiger partial charge in [-0.1, -0.05) is 35.1 Å². The first kappa shape index (κ1) is 13.8. The van der Waals surface area contributed by atoms with Crippen molar-refractivity contribution in [2.24, 2.45) is 4.99 Å². The van der Waals surface area contributed by atoms with E-state index in [1.165, 1.54) is 23.4 Å². The van der Waals surface area contributed by atoms with Crippen LogP contribution in [0.3, 0.4) is 0 Å². The molecule has 1 fully saturated rings. The normalized spacial score (nSPS) is 17.0. The van der Waals surface area contributed by atoms with E-state index in [9.17, 15) is 5.26 Å². The van der Waals surface area contributed by atoms with Gasteiger partial charge in [-0.05, 0) is 36.5 Å². The topological polar surface area (TPSA) is 39.4 Å². The number of hydrogen-bond donors (Lipinski definition) is 0. The van der Waals surface area contributed by atoms with Crippen molar-refractivity contribution in [3.63, 3.8) is 0 Å². The van der Waals surface area contributed by atoms with Gasteiger partial charge in [-0.15, -0.1) is 0 Å². The fraction of sp³-hybridized carbons (Fsp3) is 0.294. The molecule has 22 heavy (non-hydrogen) atoms. The first-order chi connectivity index (χ1) is 10.8. The van der Waals surface area contributed by atoms with Crippen molar-refractivity contribution < 1.29 is 0 Å². The van der Waals surface area contributed by atoms with Crippen LogP contribution in [0.25, 0.3) is 0 Å². The Morgan fingerprint density at radius 1 is 1.27 bits per heavy atom. The monoisotopic (exact) mass is 327 g/mol. The zero-order valence-corrected chi connectivity index (χ0v) is 13.5. The molecule has 4 heterocycles. The molecule has 0 radical (unpaired) electrons. The molecule has 0 aliphatic carbocycles. The van der Waals surface area contributed by atoms with Gasteiger partial charge in [-0.25, -0.2) is 4.99 Å². The summed E-state index contributed by atoms with van der Waals surface area (Å²) in [5.74, 6) is 0.547. The number of nitrogens with zero attached hydrogens (tertiary/aromatic N) is 3. The van der Waals surface area contributed by atoms with E-state index in [4.69, 9.17) is 11.6 Å². The number of aliphatic imine (C=N–C) groups is 1. The van der Waals surface area contributed by atoms with Gasteiger partial charge in [0, 0.05) is 29.9 Å². The Morgan fingerprint density at radius 3 is 2.68 bits per heavy atom. The Morgan fingerprint density at radius 2 is 2.00 bits per heavy atom. The number of hydrogen-bond acceptors (Lipinski definition) is 4. The maximum atomic E-state index is 9.57. The number of anilines is 1. The molecule has 3 nitrogen and oxygen atoms in total. The number of fused-ring (bicyclic) bond motifs is 2. The lowest BCUT2D eigenvalue weighted by molar-refractivity contribution is 0.479. The summed E-state index contributed by atoms with van der Waals surface area (Å²) in [4.78, 5) is 6.98. The highest BCUT2D eigenvalue weighted by molar-refractivity contribution is 7.20. The van der Waals surface area contributed by atoms with Crippen LogP contribution in [0.4, 0.5) is 10.0 Å². The van der Waals surface area contributed by atoms with Crippen molar-refractivity contribution in [3.8, 4) is 6.07 Å². The summed E-state index contributed by atoms with van der Waals surface area (Å²) in [5, 5.41) is 12.4. The van der Waals surface area contributed by atoms with E-state index in [-0.39, 0.29) is 0 Å². The molecule has 0 unspecified atom stereocenters. The summed E-state index contributed by atoms with van der Waals surface area (Å²) < 4.78 is 0. The Hall–Kier alpha value is -1.83. The molecule has 2 bridgehead atoms. The SMILES string of the molecule is N#Cc1c(/N=C/c2ccc(Cl)cc2)sc2c1C1CCN2CC1. The maximum Gasteiger partial charge on any atom is 0.136 e. The van der Waals surface area contributed by atoms with Gasteiger partial charge in [0.25, 0.3) is 0 Å². The van der Waals surface area contributed by atoms with Crippen molar-refractivity contribution in [3.05, 3.63) is 46.0 Å². The van der Waals surface area contributed by atoms with E-state index in [1.807, 2.05) is 30.5 Å². The van der Waals surface area contributed by atoms with Crippen molar-refractivity contribution in [2.45, 2.75) is 18.8 Å². The highest BCUT2D eigenvalue weighted by Crippen LogP contribution is 2.52. The van der Waals surface area contributed by atoms with E-state index in [1.54, 1.807) is 11.3 Å². The maximum absolute atomic E-state index is 9.57. The van der Waals surface area contributed by atoms with Crippen LogP contribution in [0, 0.1) is 11.3 Å². The molecule has 110 valence electrons. The summed E-state index contributed by atoms with van der Waals surface area (Å²) in [7, 11) is 0. The molecule has 5 rings (SSSR count). The third-order valence-corrected chi connectivity index (χ3v) is 5.84. The van der Waals surface area contributed by atoms with Gasteiger partial charge < -0.3 is 4.90 Å². The van der Waals surface area contributed by atoms with Gasteiger partial charge in [-0.2, -0.15) is 5.26 Å². The molecule has 5 heteroatoms. The lowest BCUT2D eigenvalue weighted by atomic mass is 9.84. The second kappa shape index (κ2) is 5.42. The smallest absolute Gasteiger partial charge is 0.136 e. The van der Waals surface area contributed by atoms with E-state index < -0.39 is 0 Å². The molecule has 1 saturated heterocycles. The molecule has 1 aromatic carbocycles. The van der Waals surface area contributed by atoms with Gasteiger partial charge in [0.2, 0.25) is 0 Å². The van der Waals surface area contributed by atoms with Crippen LogP contribution >= 0.6 is 22.9 Å². The van der Waals surface area contributed by atoms with Gasteiger partial charge in [0.1, 0.15) is 11.1 Å². The summed E-state index contributed by atoms with van der Waals surface area (Å²) in [5.41, 5.74) is 3.01. The fourth-order valence-electron chi connectivity index (χ4n) is 3.29. The van der Waals surface area contributed by atoms with Gasteiger partial charge in [0.05, 0.1) is 10.6 Å². The molecular formula is C17H14ClN3S. The molecule has 0 N–H and O–H groups in total. The molecule has 0 spiro atoms. The van der Waals surface area contributed by atoms with E-state index in [2.05, 4.69) is 16.0 Å². The standard InChI is InChI=1S/C17H14ClN3S/c18-13-3-1-11(2-4-13)10-20-16-14(9-19)15-12-5-7-21(8-6-12)17(15)22-16/h1-4,10,12H,5-8H2/b20-10+. The van der Waals surface area contributed by atoms with Crippen molar-refractivity contribution in [1.82, 2.24) is 0 Å². The van der Waals surface area contributed by atoms with E-state index in [0.29, 0.717) is 10.9 Å². The zero-order valence-electron chi connectivity index (χ0n) is 11.9. The van der Waals surface area contributed by atoms with Crippen molar-refractivity contribution in [1.29, 1.82) is 5.26 Å². The van der Waals surface area contributed by atoms with Crippen LogP contribution in [0.15, 0.2) is 29.3 Å². The molecule has 2 aromatic rings. The predicted octanol–water partition coefficient (Wildman–Crippen LogP) is 4.72. The largest absolute Gasteiger partial charge is 0.363 e. The number of thiophene rings is 1. The van der Waals surface area contributed by atoms with Crippen LogP contribution in [0.2, 0.25) is 5.02 Å². The molecule has 1 aromatic heterocycles. The Kier molecular flexibility index (Phi) is 3.40. The summed E-state index contributed by atoms with van der Waals surface area (Å²) in [6, 6.07) is 9.93. The van der Waals surface area contributed by atoms with Crippen LogP contribution in [-0.2, 0) is 0 Å². The second-order valence-electron chi connectivity index (χ2n) is 5.68. The second-order valence-corrected chi connectivity index (χ2v) is 7.10. The first-order valence-electron chi connectivity index (χ1n) is 7.37. The number of nitriles is 1. The molecule has 0 atom stereocenters. The van der Waals surface area contributed by atoms with Gasteiger partial charge in [-0.3, -0.25) is 0 Å². The van der Waals surface area contributed by atoms with Gasteiger partial charge in [0.15, 0.2) is 0 Å². The third kappa shape index (κ3) is 2.22. The molecule has 0 amide bonds. The van der Waals surface area contributed by atoms with Crippen molar-refractivity contribution in [2.75, 3.05) is 18.0 Å². The van der Waals surface area contributed by atoms with Gasteiger partial charge >= 0.3 is 0 Å². The lowest BCUT2D eigenvalue weighted by Crippen LogP contribution is -2.37. The number of piperidine rings is 1. The third-order valence-electron chi connectivity index (χ3n) is 4.41. The molecule has 3 aliphatic rings. The fourth-order valence-corrected chi connectivity index (χ4v) is 4.65. The average molecular weight is 328 g/mol. The minimum atomic E-state index is 0.547.